The molecule has 0 spiro atoms. The van der Waals surface area contributed by atoms with E-state index in [4.69, 9.17) is 0 Å². The molecule has 140 valence electrons. The molecule has 2 amide bonds. The van der Waals surface area contributed by atoms with Crippen molar-refractivity contribution in [1.82, 2.24) is 0 Å². The first-order chi connectivity index (χ1) is 12.9. The third kappa shape index (κ3) is 3.02. The Kier molecular flexibility index (Phi) is 4.26. The van der Waals surface area contributed by atoms with E-state index in [9.17, 15) is 18.0 Å². The summed E-state index contributed by atoms with van der Waals surface area (Å²) < 4.78 is 25.5. The molecule has 0 radical (unpaired) electrons. The van der Waals surface area contributed by atoms with Crippen LogP contribution in [0.15, 0.2) is 48.5 Å². The molecule has 6 nitrogen and oxygen atoms in total. The van der Waals surface area contributed by atoms with Crippen LogP contribution in [0.5, 0.6) is 0 Å². The molecule has 7 heteroatoms. The number of fused-ring (bicyclic) bond motifs is 1. The molecule has 2 heterocycles. The van der Waals surface area contributed by atoms with Gasteiger partial charge in [0.1, 0.15) is 0 Å². The number of rotatable bonds is 2. The van der Waals surface area contributed by atoms with E-state index in [1.54, 1.807) is 30.0 Å². The predicted molar refractivity (Wildman–Crippen MR) is 103 cm³/mol. The lowest BCUT2D eigenvalue weighted by Crippen LogP contribution is -2.36. The van der Waals surface area contributed by atoms with Gasteiger partial charge < -0.3 is 4.90 Å². The van der Waals surface area contributed by atoms with E-state index in [0.717, 1.165) is 28.4 Å². The molecule has 27 heavy (non-hydrogen) atoms. The van der Waals surface area contributed by atoms with Gasteiger partial charge >= 0.3 is 0 Å². The third-order valence-electron chi connectivity index (χ3n) is 5.04. The molecule has 2 aliphatic rings. The molecule has 0 saturated carbocycles. The minimum atomic E-state index is -3.70. The van der Waals surface area contributed by atoms with Crippen molar-refractivity contribution in [2.24, 2.45) is 5.92 Å². The van der Waals surface area contributed by atoms with E-state index in [0.29, 0.717) is 12.1 Å². The smallest absolute Gasteiger partial charge is 0.258 e. The zero-order chi connectivity index (χ0) is 19.2. The highest BCUT2D eigenvalue weighted by Crippen LogP contribution is 2.31. The SMILES string of the molecule is CC1CS(=O)(=O)N(c2cccc(C(=O)N3CCCc4ccccc43)c2)C1=O. The Morgan fingerprint density at radius 3 is 2.63 bits per heavy atom. The van der Waals surface area contributed by atoms with Gasteiger partial charge in [-0.2, -0.15) is 0 Å². The average molecular weight is 384 g/mol. The highest BCUT2D eigenvalue weighted by Gasteiger charge is 2.42. The summed E-state index contributed by atoms with van der Waals surface area (Å²) in [5, 5.41) is 0. The molecule has 2 aromatic rings. The van der Waals surface area contributed by atoms with Crippen molar-refractivity contribution in [3.8, 4) is 0 Å². The monoisotopic (exact) mass is 384 g/mol. The number of hydrogen-bond donors (Lipinski definition) is 0. The Morgan fingerprint density at radius 2 is 1.89 bits per heavy atom. The van der Waals surface area contributed by atoms with Crippen molar-refractivity contribution in [3.63, 3.8) is 0 Å². The number of benzene rings is 2. The number of para-hydroxylation sites is 1. The number of nitrogens with zero attached hydrogens (tertiary/aromatic N) is 2. The van der Waals surface area contributed by atoms with E-state index in [1.165, 1.54) is 6.07 Å². The van der Waals surface area contributed by atoms with Crippen molar-refractivity contribution in [1.29, 1.82) is 0 Å². The Balaban J connectivity index is 1.70. The Hall–Kier alpha value is -2.67. The molecular weight excluding hydrogens is 364 g/mol. The first kappa shape index (κ1) is 17.7. The largest absolute Gasteiger partial charge is 0.308 e. The van der Waals surface area contributed by atoms with Crippen molar-refractivity contribution >= 4 is 33.2 Å². The lowest BCUT2D eigenvalue weighted by Gasteiger charge is -2.29. The second-order valence-corrected chi connectivity index (χ2v) is 8.88. The van der Waals surface area contributed by atoms with E-state index in [1.807, 2.05) is 24.3 Å². The van der Waals surface area contributed by atoms with Crippen molar-refractivity contribution in [2.45, 2.75) is 19.8 Å². The van der Waals surface area contributed by atoms with Gasteiger partial charge in [0.05, 0.1) is 17.4 Å². The third-order valence-corrected chi connectivity index (χ3v) is 6.91. The summed E-state index contributed by atoms with van der Waals surface area (Å²) in [5.41, 5.74) is 2.60. The van der Waals surface area contributed by atoms with Gasteiger partial charge in [0.2, 0.25) is 15.9 Å². The zero-order valence-corrected chi connectivity index (χ0v) is 15.8. The minimum Gasteiger partial charge on any atom is -0.308 e. The number of sulfonamides is 1. The highest BCUT2D eigenvalue weighted by molar-refractivity contribution is 7.94. The van der Waals surface area contributed by atoms with Crippen LogP contribution in [-0.4, -0.2) is 32.5 Å². The number of carbonyl (C=O) groups is 2. The lowest BCUT2D eigenvalue weighted by atomic mass is 10.0. The first-order valence-corrected chi connectivity index (χ1v) is 10.6. The summed E-state index contributed by atoms with van der Waals surface area (Å²) in [7, 11) is -3.70. The summed E-state index contributed by atoms with van der Waals surface area (Å²) in [6, 6.07) is 14.1. The van der Waals surface area contributed by atoms with Gasteiger partial charge in [-0.15, -0.1) is 0 Å². The molecule has 2 aliphatic heterocycles. The number of carbonyl (C=O) groups excluding carboxylic acids is 2. The van der Waals surface area contributed by atoms with Crippen molar-refractivity contribution in [2.75, 3.05) is 21.5 Å². The summed E-state index contributed by atoms with van der Waals surface area (Å²) in [6.07, 6.45) is 1.80. The van der Waals surface area contributed by atoms with Gasteiger partial charge in [0, 0.05) is 17.8 Å². The highest BCUT2D eigenvalue weighted by atomic mass is 32.2. The fraction of sp³-hybridized carbons (Fsp3) is 0.300. The van der Waals surface area contributed by atoms with Gasteiger partial charge in [0.15, 0.2) is 0 Å². The summed E-state index contributed by atoms with van der Waals surface area (Å²) in [4.78, 5) is 27.2. The fourth-order valence-corrected chi connectivity index (χ4v) is 5.56. The fourth-order valence-electron chi connectivity index (χ4n) is 3.75. The van der Waals surface area contributed by atoms with Gasteiger partial charge in [0.25, 0.3) is 5.91 Å². The van der Waals surface area contributed by atoms with Crippen LogP contribution in [0.4, 0.5) is 11.4 Å². The van der Waals surface area contributed by atoms with E-state index in [-0.39, 0.29) is 17.3 Å². The molecule has 1 saturated heterocycles. The molecule has 1 fully saturated rings. The van der Waals surface area contributed by atoms with Gasteiger partial charge in [-0.1, -0.05) is 31.2 Å². The first-order valence-electron chi connectivity index (χ1n) is 8.95. The number of aryl methyl sites for hydroxylation is 1. The standard InChI is InChI=1S/C20H20N2O4S/c1-14-13-27(25,26)22(19(14)23)17-9-4-7-16(12-17)20(24)21-11-5-8-15-6-2-3-10-18(15)21/h2-4,6-7,9-10,12,14H,5,8,11,13H2,1H3. The molecule has 4 rings (SSSR count). The van der Waals surface area contributed by atoms with Crippen LogP contribution in [0, 0.1) is 5.92 Å². The second-order valence-electron chi connectivity index (χ2n) is 7.02. The van der Waals surface area contributed by atoms with Gasteiger partial charge in [-0.05, 0) is 42.7 Å². The van der Waals surface area contributed by atoms with Gasteiger partial charge in [-0.25, -0.2) is 12.7 Å². The molecule has 1 unspecified atom stereocenters. The molecule has 0 bridgehead atoms. The van der Waals surface area contributed by atoms with E-state index < -0.39 is 21.8 Å². The summed E-state index contributed by atoms with van der Waals surface area (Å²) in [6.45, 7) is 2.21. The average Bonchev–Trinajstić information content (AvgIpc) is 2.87. The second kappa shape index (κ2) is 6.49. The van der Waals surface area contributed by atoms with Crippen LogP contribution >= 0.6 is 0 Å². The Bertz CT molecular complexity index is 1030. The Labute approximate surface area is 158 Å². The van der Waals surface area contributed by atoms with Crippen LogP contribution in [0.25, 0.3) is 0 Å². The molecule has 2 aromatic carbocycles. The summed E-state index contributed by atoms with van der Waals surface area (Å²) >= 11 is 0. The molecule has 0 aromatic heterocycles. The minimum absolute atomic E-state index is 0.193. The normalized spacial score (nSPS) is 21.2. The van der Waals surface area contributed by atoms with Crippen LogP contribution in [0.1, 0.15) is 29.3 Å². The maximum Gasteiger partial charge on any atom is 0.258 e. The quantitative estimate of drug-likeness (QED) is 0.798. The molecule has 0 N–H and O–H groups in total. The predicted octanol–water partition coefficient (Wildman–Crippen LogP) is 2.59. The topological polar surface area (TPSA) is 74.8 Å². The van der Waals surface area contributed by atoms with Crippen molar-refractivity contribution < 1.29 is 18.0 Å². The molecular formula is C20H20N2O4S. The van der Waals surface area contributed by atoms with Crippen LogP contribution < -0.4 is 9.21 Å². The van der Waals surface area contributed by atoms with E-state index >= 15 is 0 Å². The van der Waals surface area contributed by atoms with Crippen LogP contribution in [0.2, 0.25) is 0 Å². The maximum absolute atomic E-state index is 13.1. The van der Waals surface area contributed by atoms with Gasteiger partial charge in [-0.3, -0.25) is 9.59 Å². The summed E-state index contributed by atoms with van der Waals surface area (Å²) in [5.74, 6) is -1.43. The molecule has 1 atom stereocenters. The number of hydrogen-bond acceptors (Lipinski definition) is 4. The van der Waals surface area contributed by atoms with Crippen LogP contribution in [-0.2, 0) is 21.2 Å². The van der Waals surface area contributed by atoms with Crippen molar-refractivity contribution in [3.05, 3.63) is 59.7 Å². The number of amides is 2. The molecule has 0 aliphatic carbocycles. The van der Waals surface area contributed by atoms with E-state index in [2.05, 4.69) is 0 Å². The number of anilines is 2. The maximum atomic E-state index is 13.1. The Morgan fingerprint density at radius 1 is 1.11 bits per heavy atom. The van der Waals surface area contributed by atoms with Crippen LogP contribution in [0.3, 0.4) is 0 Å². The zero-order valence-electron chi connectivity index (χ0n) is 15.0. The lowest BCUT2D eigenvalue weighted by molar-refractivity contribution is -0.119.